The normalized spacial score (nSPS) is 17.6. The van der Waals surface area contributed by atoms with Crippen LogP contribution >= 0.6 is 0 Å². The monoisotopic (exact) mass is 804 g/mol. The highest BCUT2D eigenvalue weighted by molar-refractivity contribution is 6.05. The van der Waals surface area contributed by atoms with E-state index < -0.39 is 23.3 Å². The number of likely N-dealkylation sites (N-methyl/N-ethyl adjacent to an activating group) is 3. The van der Waals surface area contributed by atoms with Crippen molar-refractivity contribution in [2.24, 2.45) is 16.4 Å². The summed E-state index contributed by atoms with van der Waals surface area (Å²) in [7, 11) is 8.72. The van der Waals surface area contributed by atoms with Crippen LogP contribution in [0.2, 0.25) is 0 Å². The Kier molecular flexibility index (Phi) is 12.9. The SMILES string of the molecule is CC[C@@H]1CN(C(=O)c2cc3cc(OCCN(C)C)ccc3o2)C2C=C(OC(=O)N(C)CCN(C)C(=O)C(C)(C)C(=O)N(C)/N=C(\C)c3ccccc3)c3ccccc3C21. The Morgan fingerprint density at radius 3 is 2.27 bits per heavy atom. The molecule has 1 aliphatic heterocycles. The van der Waals surface area contributed by atoms with E-state index >= 15 is 0 Å². The van der Waals surface area contributed by atoms with Crippen LogP contribution < -0.4 is 4.74 Å². The van der Waals surface area contributed by atoms with Crippen LogP contribution in [0.4, 0.5) is 4.79 Å². The summed E-state index contributed by atoms with van der Waals surface area (Å²) in [6, 6.07) is 24.3. The smallest absolute Gasteiger partial charge is 0.415 e. The second-order valence-electron chi connectivity index (χ2n) is 16.2. The number of ether oxygens (including phenoxy) is 2. The number of likely N-dealkylation sites (tertiary alicyclic amines) is 1. The molecule has 0 spiro atoms. The molecule has 0 saturated carbocycles. The molecule has 6 rings (SSSR count). The molecule has 3 aromatic carbocycles. The van der Waals surface area contributed by atoms with Crippen molar-refractivity contribution in [3.8, 4) is 5.75 Å². The molecule has 2 aliphatic rings. The maximum atomic E-state index is 14.3. The number of furan rings is 1. The standard InChI is InChI=1S/C46H56N6O7/c1-10-31-29-52(42(53)40-27-33-26-34(20-21-38(33)58-40)57-25-24-48(5)6)37-28-39(35-18-14-15-19-36(35)41(31)37)59-45(56)50(8)23-22-49(7)43(54)46(3,4)44(55)51(9)47-30(2)32-16-12-11-13-17-32/h11-21,26-28,31,37,41H,10,22-25,29H2,1-9H3/b47-30+/t31-,37?,41?/m1/s1. The molecule has 3 atom stereocenters. The van der Waals surface area contributed by atoms with E-state index in [1.54, 1.807) is 34.0 Å². The Hall–Kier alpha value is -5.95. The summed E-state index contributed by atoms with van der Waals surface area (Å²) in [5, 5.41) is 6.41. The minimum atomic E-state index is -1.41. The Labute approximate surface area is 346 Å². The van der Waals surface area contributed by atoms with Gasteiger partial charge in [0.25, 0.3) is 11.8 Å². The van der Waals surface area contributed by atoms with Gasteiger partial charge in [-0.25, -0.2) is 9.80 Å². The van der Waals surface area contributed by atoms with Crippen molar-refractivity contribution in [1.29, 1.82) is 0 Å². The van der Waals surface area contributed by atoms with Crippen LogP contribution in [0, 0.1) is 11.3 Å². The van der Waals surface area contributed by atoms with Crippen molar-refractivity contribution in [1.82, 2.24) is 24.6 Å². The van der Waals surface area contributed by atoms with Crippen molar-refractivity contribution in [2.45, 2.75) is 46.1 Å². The molecule has 13 heteroatoms. The highest BCUT2D eigenvalue weighted by atomic mass is 16.6. The van der Waals surface area contributed by atoms with E-state index in [-0.39, 0.29) is 42.6 Å². The van der Waals surface area contributed by atoms with Gasteiger partial charge in [0.05, 0.1) is 11.8 Å². The minimum Gasteiger partial charge on any atom is -0.492 e. The highest BCUT2D eigenvalue weighted by Gasteiger charge is 2.47. The molecule has 1 saturated heterocycles. The van der Waals surface area contributed by atoms with Gasteiger partial charge in [-0.05, 0) is 82.3 Å². The number of benzene rings is 3. The third-order valence-corrected chi connectivity index (χ3v) is 11.3. The summed E-state index contributed by atoms with van der Waals surface area (Å²) >= 11 is 0. The van der Waals surface area contributed by atoms with Gasteiger partial charge in [0, 0.05) is 64.2 Å². The molecule has 59 heavy (non-hydrogen) atoms. The molecule has 13 nitrogen and oxygen atoms in total. The van der Waals surface area contributed by atoms with Crippen molar-refractivity contribution in [2.75, 3.05) is 68.0 Å². The number of carbonyl (C=O) groups is 4. The van der Waals surface area contributed by atoms with Gasteiger partial charge in [0.15, 0.2) is 5.76 Å². The molecular weight excluding hydrogens is 749 g/mol. The molecule has 1 aliphatic carbocycles. The number of hydrogen-bond donors (Lipinski definition) is 0. The number of amides is 4. The summed E-state index contributed by atoms with van der Waals surface area (Å²) in [6.07, 6.45) is 2.12. The van der Waals surface area contributed by atoms with Gasteiger partial charge >= 0.3 is 6.09 Å². The lowest BCUT2D eigenvalue weighted by Crippen LogP contribution is -2.49. The van der Waals surface area contributed by atoms with E-state index in [9.17, 15) is 19.2 Å². The van der Waals surface area contributed by atoms with Crippen LogP contribution in [-0.2, 0) is 14.3 Å². The van der Waals surface area contributed by atoms with Crippen molar-refractivity contribution in [3.63, 3.8) is 0 Å². The maximum absolute atomic E-state index is 14.3. The second kappa shape index (κ2) is 17.9. The highest BCUT2D eigenvalue weighted by Crippen LogP contribution is 2.47. The number of carbonyl (C=O) groups excluding carboxylic acids is 4. The van der Waals surface area contributed by atoms with E-state index in [0.717, 1.165) is 35.0 Å². The average molecular weight is 805 g/mol. The zero-order valence-corrected chi connectivity index (χ0v) is 35.6. The van der Waals surface area contributed by atoms with Gasteiger partial charge in [-0.2, -0.15) is 5.10 Å². The van der Waals surface area contributed by atoms with E-state index in [2.05, 4.69) is 12.0 Å². The van der Waals surface area contributed by atoms with Gasteiger partial charge in [-0.1, -0.05) is 67.9 Å². The van der Waals surface area contributed by atoms with E-state index in [4.69, 9.17) is 13.9 Å². The molecule has 0 radical (unpaired) electrons. The van der Waals surface area contributed by atoms with Crippen LogP contribution in [0.15, 0.2) is 94.5 Å². The summed E-state index contributed by atoms with van der Waals surface area (Å²) in [6.45, 7) is 9.21. The third kappa shape index (κ3) is 9.20. The number of rotatable bonds is 14. The minimum absolute atomic E-state index is 0.000810. The first-order valence-corrected chi connectivity index (χ1v) is 20.1. The predicted molar refractivity (Wildman–Crippen MR) is 228 cm³/mol. The largest absolute Gasteiger partial charge is 0.492 e. The first kappa shape index (κ1) is 42.7. The van der Waals surface area contributed by atoms with Crippen LogP contribution in [0.5, 0.6) is 5.75 Å². The number of hydrogen-bond acceptors (Lipinski definition) is 9. The van der Waals surface area contributed by atoms with Gasteiger partial charge in [-0.3, -0.25) is 14.4 Å². The van der Waals surface area contributed by atoms with E-state index in [0.29, 0.717) is 36.0 Å². The number of hydrazone groups is 1. The fourth-order valence-electron chi connectivity index (χ4n) is 7.89. The summed E-state index contributed by atoms with van der Waals surface area (Å²) in [4.78, 5) is 61.7. The lowest BCUT2D eigenvalue weighted by atomic mass is 9.77. The first-order chi connectivity index (χ1) is 28.1. The number of fused-ring (bicyclic) bond motifs is 4. The molecule has 2 unspecified atom stereocenters. The average Bonchev–Trinajstić information content (AvgIpc) is 3.83. The first-order valence-electron chi connectivity index (χ1n) is 20.1. The summed E-state index contributed by atoms with van der Waals surface area (Å²) in [5.74, 6) is 0.367. The van der Waals surface area contributed by atoms with Gasteiger partial charge in [0.1, 0.15) is 29.1 Å². The molecule has 1 fully saturated rings. The van der Waals surface area contributed by atoms with E-state index in [1.807, 2.05) is 110 Å². The second-order valence-corrected chi connectivity index (χ2v) is 16.2. The third-order valence-electron chi connectivity index (χ3n) is 11.3. The Bertz CT molecular complexity index is 2250. The molecule has 312 valence electrons. The summed E-state index contributed by atoms with van der Waals surface area (Å²) in [5.41, 5.74) is 2.51. The zero-order chi connectivity index (χ0) is 42.6. The van der Waals surface area contributed by atoms with Gasteiger partial charge in [-0.15, -0.1) is 0 Å². The molecule has 0 bridgehead atoms. The van der Waals surface area contributed by atoms with Crippen molar-refractivity contribution >= 4 is 46.3 Å². The quantitative estimate of drug-likeness (QED) is 0.0774. The van der Waals surface area contributed by atoms with Crippen LogP contribution in [-0.4, -0.2) is 128 Å². The lowest BCUT2D eigenvalue weighted by molar-refractivity contribution is -0.152. The van der Waals surface area contributed by atoms with Crippen molar-refractivity contribution < 1.29 is 33.1 Å². The van der Waals surface area contributed by atoms with Gasteiger partial charge < -0.3 is 33.5 Å². The molecule has 4 amide bonds. The molecule has 0 N–H and O–H groups in total. The Balaban J connectivity index is 1.13. The Morgan fingerprint density at radius 1 is 0.864 bits per heavy atom. The van der Waals surface area contributed by atoms with Crippen LogP contribution in [0.1, 0.15) is 67.3 Å². The van der Waals surface area contributed by atoms with Gasteiger partial charge in [0.2, 0.25) is 5.91 Å². The fraction of sp³-hybridized carbons (Fsp3) is 0.413. The molecule has 1 aromatic heterocycles. The molecule has 4 aromatic rings. The van der Waals surface area contributed by atoms with Crippen LogP contribution in [0.25, 0.3) is 16.7 Å². The molecular formula is C46H56N6O7. The topological polar surface area (TPSA) is 128 Å². The molecule has 2 heterocycles. The predicted octanol–water partition coefficient (Wildman–Crippen LogP) is 6.80. The van der Waals surface area contributed by atoms with E-state index in [1.165, 1.54) is 21.9 Å². The van der Waals surface area contributed by atoms with Crippen molar-refractivity contribution in [3.05, 3.63) is 107 Å². The fourth-order valence-corrected chi connectivity index (χ4v) is 7.89. The maximum Gasteiger partial charge on any atom is 0.415 e. The number of nitrogens with zero attached hydrogens (tertiary/aromatic N) is 6. The summed E-state index contributed by atoms with van der Waals surface area (Å²) < 4.78 is 18.1. The lowest BCUT2D eigenvalue weighted by Gasteiger charge is -2.33. The van der Waals surface area contributed by atoms with Crippen LogP contribution in [0.3, 0.4) is 0 Å². The Morgan fingerprint density at radius 2 is 1.56 bits per heavy atom. The zero-order valence-electron chi connectivity index (χ0n) is 35.6.